The van der Waals surface area contributed by atoms with E-state index in [0.29, 0.717) is 16.6 Å². The number of nitrogens with one attached hydrogen (secondary N) is 3. The van der Waals surface area contributed by atoms with Gasteiger partial charge in [-0.15, -0.1) is 0 Å². The van der Waals surface area contributed by atoms with Crippen molar-refractivity contribution in [2.24, 2.45) is 5.16 Å². The van der Waals surface area contributed by atoms with Gasteiger partial charge in [-0.1, -0.05) is 21.1 Å². The fraction of sp³-hybridized carbons (Fsp3) is 0.125. The second-order valence-electron chi connectivity index (χ2n) is 5.27. The summed E-state index contributed by atoms with van der Waals surface area (Å²) in [4.78, 5) is 21.3. The number of benzene rings is 1. The Morgan fingerprint density at radius 1 is 1.35 bits per heavy atom. The van der Waals surface area contributed by atoms with E-state index < -0.39 is 17.8 Å². The Morgan fingerprint density at radius 2 is 2.19 bits per heavy atom. The molecule has 0 spiro atoms. The van der Waals surface area contributed by atoms with E-state index in [-0.39, 0.29) is 10.8 Å². The minimum absolute atomic E-state index is 0.0333. The minimum atomic E-state index is -0.787. The molecule has 2 aromatic rings. The first-order valence-electron chi connectivity index (χ1n) is 7.48. The van der Waals surface area contributed by atoms with Crippen molar-refractivity contribution in [2.45, 2.75) is 12.5 Å². The molecule has 10 heteroatoms. The smallest absolute Gasteiger partial charge is 0.282 e. The number of hydrogen-bond donors (Lipinski definition) is 3. The Balaban J connectivity index is 1.48. The molecule has 3 rings (SSSR count). The molecule has 1 amide bonds. The number of pyridine rings is 1. The van der Waals surface area contributed by atoms with Crippen LogP contribution in [0.1, 0.15) is 12.0 Å². The molecule has 1 unspecified atom stereocenters. The van der Waals surface area contributed by atoms with Gasteiger partial charge in [0.05, 0.1) is 11.4 Å². The van der Waals surface area contributed by atoms with E-state index in [1.54, 1.807) is 24.5 Å². The van der Waals surface area contributed by atoms with Gasteiger partial charge < -0.3 is 10.2 Å². The summed E-state index contributed by atoms with van der Waals surface area (Å²) in [6.45, 7) is 0. The molecule has 0 aliphatic carbocycles. The lowest BCUT2D eigenvalue weighted by molar-refractivity contribution is -0.131. The average Bonchev–Trinajstić information content (AvgIpc) is 3.13. The van der Waals surface area contributed by atoms with Crippen molar-refractivity contribution in [3.8, 4) is 0 Å². The molecule has 1 aliphatic rings. The zero-order valence-electron chi connectivity index (χ0n) is 13.2. The molecule has 134 valence electrons. The van der Waals surface area contributed by atoms with Crippen molar-refractivity contribution in [3.63, 3.8) is 0 Å². The topological polar surface area (TPSA) is 87.6 Å². The highest BCUT2D eigenvalue weighted by atomic mass is 79.9. The number of thiocarbonyl (C=S) groups is 1. The van der Waals surface area contributed by atoms with Gasteiger partial charge in [-0.25, -0.2) is 4.39 Å². The standard InChI is InChI=1S/C16H13BrFN5O2S/c17-10-3-4-12(11(18)6-10)20-16(26)22-21-15(24)14-7-13(23-25-14)9-2-1-5-19-8-9/h1-6,8,14H,7H2,(H,21,24)(H2,20,22,26). The summed E-state index contributed by atoms with van der Waals surface area (Å²) in [6, 6.07) is 8.09. The second kappa shape index (κ2) is 8.19. The molecular formula is C16H13BrFN5O2S. The third kappa shape index (κ3) is 4.52. The molecule has 1 aromatic heterocycles. The monoisotopic (exact) mass is 437 g/mol. The third-order valence-electron chi connectivity index (χ3n) is 3.43. The van der Waals surface area contributed by atoms with Crippen molar-refractivity contribution < 1.29 is 14.0 Å². The largest absolute Gasteiger partial charge is 0.382 e. The predicted molar refractivity (Wildman–Crippen MR) is 102 cm³/mol. The van der Waals surface area contributed by atoms with Gasteiger partial charge in [-0.2, -0.15) is 0 Å². The van der Waals surface area contributed by atoms with Crippen molar-refractivity contribution >= 4 is 50.6 Å². The van der Waals surface area contributed by atoms with Gasteiger partial charge in [0.15, 0.2) is 5.11 Å². The van der Waals surface area contributed by atoms with Crippen LogP contribution in [0.3, 0.4) is 0 Å². The Hall–Kier alpha value is -2.59. The quantitative estimate of drug-likeness (QED) is 0.505. The summed E-state index contributed by atoms with van der Waals surface area (Å²) < 4.78 is 14.4. The van der Waals surface area contributed by atoms with Crippen LogP contribution in [0.5, 0.6) is 0 Å². The molecule has 3 N–H and O–H groups in total. The highest BCUT2D eigenvalue weighted by Gasteiger charge is 2.29. The van der Waals surface area contributed by atoms with E-state index in [1.165, 1.54) is 12.1 Å². The second-order valence-corrected chi connectivity index (χ2v) is 6.59. The zero-order valence-corrected chi connectivity index (χ0v) is 15.6. The number of amides is 1. The molecule has 26 heavy (non-hydrogen) atoms. The highest BCUT2D eigenvalue weighted by Crippen LogP contribution is 2.19. The molecule has 2 heterocycles. The van der Waals surface area contributed by atoms with Gasteiger partial charge in [0.1, 0.15) is 5.82 Å². The fourth-order valence-electron chi connectivity index (χ4n) is 2.17. The van der Waals surface area contributed by atoms with Crippen molar-refractivity contribution in [3.05, 3.63) is 58.6 Å². The maximum atomic E-state index is 13.8. The first kappa shape index (κ1) is 18.2. The number of halogens is 2. The lowest BCUT2D eigenvalue weighted by Crippen LogP contribution is -2.48. The third-order valence-corrected chi connectivity index (χ3v) is 4.13. The van der Waals surface area contributed by atoms with Crippen LogP contribution in [0.15, 0.2) is 52.4 Å². The number of hydrazine groups is 1. The molecule has 0 bridgehead atoms. The number of anilines is 1. The number of hydrogen-bond acceptors (Lipinski definition) is 5. The number of rotatable bonds is 3. The number of aromatic nitrogens is 1. The molecule has 1 aromatic carbocycles. The number of oxime groups is 1. The van der Waals surface area contributed by atoms with E-state index in [0.717, 1.165) is 5.56 Å². The van der Waals surface area contributed by atoms with E-state index in [1.807, 2.05) is 6.07 Å². The van der Waals surface area contributed by atoms with Crippen LogP contribution < -0.4 is 16.2 Å². The number of carbonyl (C=O) groups is 1. The Bertz CT molecular complexity index is 865. The highest BCUT2D eigenvalue weighted by molar-refractivity contribution is 9.10. The van der Waals surface area contributed by atoms with Crippen LogP contribution >= 0.6 is 28.1 Å². The van der Waals surface area contributed by atoms with Gasteiger partial charge in [0.25, 0.3) is 5.91 Å². The van der Waals surface area contributed by atoms with Gasteiger partial charge in [-0.05, 0) is 42.5 Å². The van der Waals surface area contributed by atoms with Crippen molar-refractivity contribution in [2.75, 3.05) is 5.32 Å². The molecule has 0 radical (unpaired) electrons. The summed E-state index contributed by atoms with van der Waals surface area (Å²) in [6.07, 6.45) is 2.81. The number of nitrogens with zero attached hydrogens (tertiary/aromatic N) is 2. The summed E-state index contributed by atoms with van der Waals surface area (Å²) in [5, 5.41) is 6.59. The van der Waals surface area contributed by atoms with Gasteiger partial charge in [-0.3, -0.25) is 20.6 Å². The van der Waals surface area contributed by atoms with Crippen LogP contribution in [-0.4, -0.2) is 27.8 Å². The first-order valence-corrected chi connectivity index (χ1v) is 8.68. The number of carbonyl (C=O) groups excluding carboxylic acids is 1. The van der Waals surface area contributed by atoms with Crippen LogP contribution in [0.2, 0.25) is 0 Å². The molecule has 0 saturated heterocycles. The van der Waals surface area contributed by atoms with Gasteiger partial charge >= 0.3 is 0 Å². The predicted octanol–water partition coefficient (Wildman–Crippen LogP) is 2.49. The van der Waals surface area contributed by atoms with Crippen molar-refractivity contribution in [1.82, 2.24) is 15.8 Å². The first-order chi connectivity index (χ1) is 12.5. The maximum absolute atomic E-state index is 13.8. The summed E-state index contributed by atoms with van der Waals surface area (Å²) in [5.74, 6) is -0.934. The fourth-order valence-corrected chi connectivity index (χ4v) is 2.66. The van der Waals surface area contributed by atoms with E-state index in [9.17, 15) is 9.18 Å². The average molecular weight is 438 g/mol. The van der Waals surface area contributed by atoms with Crippen LogP contribution in [-0.2, 0) is 9.63 Å². The summed E-state index contributed by atoms with van der Waals surface area (Å²) in [7, 11) is 0. The molecule has 7 nitrogen and oxygen atoms in total. The minimum Gasteiger partial charge on any atom is -0.382 e. The Labute approximate surface area is 162 Å². The SMILES string of the molecule is O=C(NNC(=S)Nc1ccc(Br)cc1F)C1CC(c2cccnc2)=NO1. The zero-order chi connectivity index (χ0) is 18.5. The normalized spacial score (nSPS) is 15.6. The van der Waals surface area contributed by atoms with E-state index >= 15 is 0 Å². The maximum Gasteiger partial charge on any atom is 0.282 e. The Kier molecular flexibility index (Phi) is 5.74. The molecule has 0 fully saturated rings. The molecule has 1 atom stereocenters. The molecule has 0 saturated carbocycles. The molecule has 1 aliphatic heterocycles. The van der Waals surface area contributed by atoms with Crippen molar-refractivity contribution in [1.29, 1.82) is 0 Å². The van der Waals surface area contributed by atoms with Gasteiger partial charge in [0, 0.05) is 28.9 Å². The van der Waals surface area contributed by atoms with E-state index in [2.05, 4.69) is 42.2 Å². The van der Waals surface area contributed by atoms with Crippen LogP contribution in [0.4, 0.5) is 10.1 Å². The van der Waals surface area contributed by atoms with Gasteiger partial charge in [0.2, 0.25) is 6.10 Å². The molecular weight excluding hydrogens is 425 g/mol. The summed E-state index contributed by atoms with van der Waals surface area (Å²) in [5.41, 5.74) is 6.52. The lowest BCUT2D eigenvalue weighted by Gasteiger charge is -2.14. The van der Waals surface area contributed by atoms with Crippen LogP contribution in [0.25, 0.3) is 0 Å². The Morgan fingerprint density at radius 3 is 2.92 bits per heavy atom. The lowest BCUT2D eigenvalue weighted by atomic mass is 10.1. The van der Waals surface area contributed by atoms with E-state index in [4.69, 9.17) is 17.1 Å². The van der Waals surface area contributed by atoms with Crippen LogP contribution in [0, 0.1) is 5.82 Å². The summed E-state index contributed by atoms with van der Waals surface area (Å²) >= 11 is 8.20.